The first kappa shape index (κ1) is 18.1. The van der Waals surface area contributed by atoms with E-state index in [9.17, 15) is 9.59 Å². The number of carbonyl (C=O) groups is 2. The summed E-state index contributed by atoms with van der Waals surface area (Å²) in [6, 6.07) is 20.1. The molecule has 0 aliphatic rings. The number of benzene rings is 3. The summed E-state index contributed by atoms with van der Waals surface area (Å²) in [6.45, 7) is 0. The molecule has 3 aromatic carbocycles. The predicted molar refractivity (Wildman–Crippen MR) is 105 cm³/mol. The third kappa shape index (κ3) is 4.11. The van der Waals surface area contributed by atoms with Gasteiger partial charge in [-0.3, -0.25) is 4.79 Å². The van der Waals surface area contributed by atoms with E-state index >= 15 is 0 Å². The molecule has 0 saturated carbocycles. The van der Waals surface area contributed by atoms with Gasteiger partial charge in [-0.15, -0.1) is 0 Å². The van der Waals surface area contributed by atoms with Crippen LogP contribution >= 0.6 is 15.9 Å². The molecule has 0 heterocycles. The van der Waals surface area contributed by atoms with Crippen molar-refractivity contribution in [3.8, 4) is 0 Å². The standard InChI is InChI=1S/C21H18BrNO3/c1-26-21(25)19(23-20(24)16-9-5-10-17(22)12-16)13-15-8-4-7-14-6-2-3-11-18(14)15/h2-12,19H,13H2,1H3,(H,23,24)/t19-/m1/s1. The largest absolute Gasteiger partial charge is 0.467 e. The summed E-state index contributed by atoms with van der Waals surface area (Å²) in [7, 11) is 1.32. The van der Waals surface area contributed by atoms with Gasteiger partial charge in [-0.2, -0.15) is 0 Å². The molecule has 0 radical (unpaired) electrons. The van der Waals surface area contributed by atoms with E-state index in [1.165, 1.54) is 7.11 Å². The SMILES string of the molecule is COC(=O)[C@@H](Cc1cccc2ccccc12)NC(=O)c1cccc(Br)c1. The lowest BCUT2D eigenvalue weighted by Crippen LogP contribution is -2.43. The van der Waals surface area contributed by atoms with E-state index < -0.39 is 12.0 Å². The number of hydrogen-bond donors (Lipinski definition) is 1. The predicted octanol–water partition coefficient (Wildman–Crippen LogP) is 4.12. The van der Waals surface area contributed by atoms with E-state index in [4.69, 9.17) is 4.74 Å². The molecule has 26 heavy (non-hydrogen) atoms. The van der Waals surface area contributed by atoms with Gasteiger partial charge in [0, 0.05) is 16.5 Å². The molecule has 0 aliphatic heterocycles. The van der Waals surface area contributed by atoms with Crippen molar-refractivity contribution in [2.24, 2.45) is 0 Å². The average Bonchev–Trinajstić information content (AvgIpc) is 2.67. The van der Waals surface area contributed by atoms with Gasteiger partial charge in [0.25, 0.3) is 5.91 Å². The van der Waals surface area contributed by atoms with Crippen LogP contribution in [0.15, 0.2) is 71.2 Å². The maximum atomic E-state index is 12.5. The third-order valence-electron chi connectivity index (χ3n) is 4.18. The van der Waals surface area contributed by atoms with Crippen LogP contribution in [-0.4, -0.2) is 25.0 Å². The highest BCUT2D eigenvalue weighted by Crippen LogP contribution is 2.20. The van der Waals surface area contributed by atoms with Gasteiger partial charge < -0.3 is 10.1 Å². The molecule has 1 amide bonds. The van der Waals surface area contributed by atoms with Crippen molar-refractivity contribution in [3.05, 3.63) is 82.3 Å². The lowest BCUT2D eigenvalue weighted by molar-refractivity contribution is -0.142. The van der Waals surface area contributed by atoms with Crippen LogP contribution in [0.4, 0.5) is 0 Å². The second kappa shape index (κ2) is 8.15. The first-order chi connectivity index (χ1) is 12.6. The van der Waals surface area contributed by atoms with Gasteiger partial charge in [-0.25, -0.2) is 4.79 Å². The molecule has 0 fully saturated rings. The van der Waals surface area contributed by atoms with Gasteiger partial charge in [0.15, 0.2) is 0 Å². The van der Waals surface area contributed by atoms with Crippen LogP contribution < -0.4 is 5.32 Å². The molecule has 5 heteroatoms. The fourth-order valence-electron chi connectivity index (χ4n) is 2.90. The second-order valence-electron chi connectivity index (χ2n) is 5.90. The summed E-state index contributed by atoms with van der Waals surface area (Å²) >= 11 is 3.35. The first-order valence-corrected chi connectivity index (χ1v) is 8.98. The summed E-state index contributed by atoms with van der Waals surface area (Å²) in [6.07, 6.45) is 0.355. The summed E-state index contributed by atoms with van der Waals surface area (Å²) in [5.74, 6) is -0.789. The molecule has 0 aromatic heterocycles. The van der Waals surface area contributed by atoms with Crippen molar-refractivity contribution in [1.29, 1.82) is 0 Å². The zero-order valence-corrected chi connectivity index (χ0v) is 15.8. The Morgan fingerprint density at radius 1 is 1.04 bits per heavy atom. The first-order valence-electron chi connectivity index (χ1n) is 8.19. The molecule has 0 bridgehead atoms. The average molecular weight is 412 g/mol. The fraction of sp³-hybridized carbons (Fsp3) is 0.143. The third-order valence-corrected chi connectivity index (χ3v) is 4.68. The number of nitrogens with one attached hydrogen (secondary N) is 1. The van der Waals surface area contributed by atoms with Crippen molar-refractivity contribution in [2.45, 2.75) is 12.5 Å². The maximum Gasteiger partial charge on any atom is 0.328 e. The maximum absolute atomic E-state index is 12.5. The van der Waals surface area contributed by atoms with E-state index in [0.717, 1.165) is 20.8 Å². The minimum absolute atomic E-state index is 0.318. The summed E-state index contributed by atoms with van der Waals surface area (Å²) < 4.78 is 5.69. The highest BCUT2D eigenvalue weighted by Gasteiger charge is 2.23. The van der Waals surface area contributed by atoms with Crippen molar-refractivity contribution in [3.63, 3.8) is 0 Å². The summed E-state index contributed by atoms with van der Waals surface area (Å²) in [5, 5.41) is 4.94. The molecule has 0 saturated heterocycles. The molecule has 1 atom stereocenters. The molecule has 0 aliphatic carbocycles. The van der Waals surface area contributed by atoms with Crippen LogP contribution in [0.5, 0.6) is 0 Å². The van der Waals surface area contributed by atoms with Crippen molar-refractivity contribution in [2.75, 3.05) is 7.11 Å². The minimum Gasteiger partial charge on any atom is -0.467 e. The van der Waals surface area contributed by atoms with Crippen LogP contribution in [-0.2, 0) is 16.0 Å². The number of ether oxygens (including phenoxy) is 1. The molecule has 3 rings (SSSR count). The zero-order valence-electron chi connectivity index (χ0n) is 14.2. The van der Waals surface area contributed by atoms with Gasteiger partial charge in [-0.1, -0.05) is 64.5 Å². The van der Waals surface area contributed by atoms with E-state index in [1.54, 1.807) is 18.2 Å². The van der Waals surface area contributed by atoms with Gasteiger partial charge in [0.05, 0.1) is 7.11 Å². The molecular weight excluding hydrogens is 394 g/mol. The number of halogens is 1. The second-order valence-corrected chi connectivity index (χ2v) is 6.82. The Bertz CT molecular complexity index is 949. The van der Waals surface area contributed by atoms with Crippen molar-refractivity contribution >= 4 is 38.6 Å². The highest BCUT2D eigenvalue weighted by atomic mass is 79.9. The van der Waals surface area contributed by atoms with E-state index in [2.05, 4.69) is 21.2 Å². The Labute approximate surface area is 160 Å². The minimum atomic E-state index is -0.766. The molecule has 132 valence electrons. The van der Waals surface area contributed by atoms with Crippen LogP contribution in [0.25, 0.3) is 10.8 Å². The van der Waals surface area contributed by atoms with E-state index in [0.29, 0.717) is 12.0 Å². The Balaban J connectivity index is 1.86. The smallest absolute Gasteiger partial charge is 0.328 e. The van der Waals surface area contributed by atoms with Crippen molar-refractivity contribution < 1.29 is 14.3 Å². The summed E-state index contributed by atoms with van der Waals surface area (Å²) in [5.41, 5.74) is 1.46. The quantitative estimate of drug-likeness (QED) is 0.642. The van der Waals surface area contributed by atoms with E-state index in [-0.39, 0.29) is 5.91 Å². The van der Waals surface area contributed by atoms with Gasteiger partial charge in [-0.05, 0) is 34.5 Å². The normalized spacial score (nSPS) is 11.8. The molecular formula is C21H18BrNO3. The van der Waals surface area contributed by atoms with Crippen LogP contribution in [0.1, 0.15) is 15.9 Å². The molecule has 3 aromatic rings. The molecule has 0 spiro atoms. The Morgan fingerprint density at radius 3 is 2.54 bits per heavy atom. The summed E-state index contributed by atoms with van der Waals surface area (Å²) in [4.78, 5) is 24.8. The van der Waals surface area contributed by atoms with Gasteiger partial charge >= 0.3 is 5.97 Å². The molecule has 0 unspecified atom stereocenters. The van der Waals surface area contributed by atoms with Gasteiger partial charge in [0.2, 0.25) is 0 Å². The number of methoxy groups -OCH3 is 1. The highest BCUT2D eigenvalue weighted by molar-refractivity contribution is 9.10. The molecule has 1 N–H and O–H groups in total. The number of esters is 1. The fourth-order valence-corrected chi connectivity index (χ4v) is 3.30. The number of fused-ring (bicyclic) bond motifs is 1. The van der Waals surface area contributed by atoms with Crippen LogP contribution in [0, 0.1) is 0 Å². The lowest BCUT2D eigenvalue weighted by Gasteiger charge is -2.18. The number of rotatable bonds is 5. The number of amides is 1. The van der Waals surface area contributed by atoms with E-state index in [1.807, 2.05) is 48.5 Å². The monoisotopic (exact) mass is 411 g/mol. The topological polar surface area (TPSA) is 55.4 Å². The van der Waals surface area contributed by atoms with Gasteiger partial charge in [0.1, 0.15) is 6.04 Å². The Hall–Kier alpha value is -2.66. The lowest BCUT2D eigenvalue weighted by atomic mass is 9.98. The van der Waals surface area contributed by atoms with Crippen molar-refractivity contribution in [1.82, 2.24) is 5.32 Å². The van der Waals surface area contributed by atoms with Crippen LogP contribution in [0.2, 0.25) is 0 Å². The number of carbonyl (C=O) groups excluding carboxylic acids is 2. The molecule has 4 nitrogen and oxygen atoms in total. The van der Waals surface area contributed by atoms with Crippen LogP contribution in [0.3, 0.4) is 0 Å². The Morgan fingerprint density at radius 2 is 1.77 bits per heavy atom. The Kier molecular flexibility index (Phi) is 5.68. The number of hydrogen-bond acceptors (Lipinski definition) is 3. The zero-order chi connectivity index (χ0) is 18.5.